The zero-order chi connectivity index (χ0) is 37.2. The molecule has 0 saturated heterocycles. The van der Waals surface area contributed by atoms with E-state index in [0.29, 0.717) is 17.6 Å². The summed E-state index contributed by atoms with van der Waals surface area (Å²) in [5.74, 6) is 1.78. The SMILES string of the molecule is c1ccc(-c2nc(-c3ccccc3)nc(-n3c4ccccc4c4c5c(c6oc7ccccc7c6c43)-c3ccccc3C53c4ccccc4-c4ccccc43)n2)cc1. The normalized spacial score (nSPS) is 13.4. The lowest BCUT2D eigenvalue weighted by atomic mass is 9.69. The maximum atomic E-state index is 7.15. The van der Waals surface area contributed by atoms with E-state index in [9.17, 15) is 0 Å². The molecule has 0 aliphatic heterocycles. The summed E-state index contributed by atoms with van der Waals surface area (Å²) in [7, 11) is 0. The third-order valence-corrected chi connectivity index (χ3v) is 12.2. The van der Waals surface area contributed by atoms with Crippen molar-refractivity contribution in [2.75, 3.05) is 0 Å². The zero-order valence-corrected chi connectivity index (χ0v) is 30.5. The summed E-state index contributed by atoms with van der Waals surface area (Å²) in [6.07, 6.45) is 0. The molecule has 5 nitrogen and oxygen atoms in total. The highest BCUT2D eigenvalue weighted by molar-refractivity contribution is 6.30. The van der Waals surface area contributed by atoms with Crippen molar-refractivity contribution in [1.82, 2.24) is 19.5 Å². The molecule has 8 aromatic carbocycles. The van der Waals surface area contributed by atoms with Crippen molar-refractivity contribution in [1.29, 1.82) is 0 Å². The zero-order valence-electron chi connectivity index (χ0n) is 30.5. The molecule has 0 atom stereocenters. The van der Waals surface area contributed by atoms with Crippen LogP contribution in [0, 0.1) is 0 Å². The first-order valence-corrected chi connectivity index (χ1v) is 19.4. The van der Waals surface area contributed by atoms with E-state index < -0.39 is 5.41 Å². The average molecular weight is 727 g/mol. The van der Waals surface area contributed by atoms with E-state index >= 15 is 0 Å². The maximum Gasteiger partial charge on any atom is 0.238 e. The van der Waals surface area contributed by atoms with Gasteiger partial charge in [-0.15, -0.1) is 0 Å². The second-order valence-electron chi connectivity index (χ2n) is 15.0. The molecule has 57 heavy (non-hydrogen) atoms. The number of hydrogen-bond donors (Lipinski definition) is 0. The van der Waals surface area contributed by atoms with Gasteiger partial charge in [0.2, 0.25) is 5.95 Å². The van der Waals surface area contributed by atoms with Gasteiger partial charge in [-0.3, -0.25) is 4.57 Å². The Morgan fingerprint density at radius 2 is 0.947 bits per heavy atom. The Morgan fingerprint density at radius 3 is 1.60 bits per heavy atom. The second kappa shape index (κ2) is 11.2. The standard InChI is InChI=1S/C52H30N4O/c1-3-17-31(18-4-1)49-53-50(32-19-5-2-6-20-32)55-51(54-49)56-41-29-15-10-24-36(41)43-46-44(48-45(47(43)56)37-25-11-16-30-42(37)57-48)35-23-9-14-28-40(35)52(46)38-26-12-7-21-33(38)34-22-8-13-27-39(34)52/h1-30H. The van der Waals surface area contributed by atoms with Gasteiger partial charge < -0.3 is 4.42 Å². The molecule has 13 rings (SSSR count). The van der Waals surface area contributed by atoms with Crippen LogP contribution in [0.2, 0.25) is 0 Å². The van der Waals surface area contributed by atoms with Gasteiger partial charge in [-0.2, -0.15) is 9.97 Å². The van der Waals surface area contributed by atoms with E-state index in [4.69, 9.17) is 19.4 Å². The summed E-state index contributed by atoms with van der Waals surface area (Å²) in [5, 5.41) is 4.40. The van der Waals surface area contributed by atoms with Crippen molar-refractivity contribution in [3.63, 3.8) is 0 Å². The van der Waals surface area contributed by atoms with Crippen LogP contribution >= 0.6 is 0 Å². The van der Waals surface area contributed by atoms with Gasteiger partial charge in [0.05, 0.1) is 21.8 Å². The fourth-order valence-corrected chi connectivity index (χ4v) is 10.1. The summed E-state index contributed by atoms with van der Waals surface area (Å²) < 4.78 is 9.42. The minimum absolute atomic E-state index is 0.553. The molecule has 0 unspecified atom stereocenters. The molecule has 0 saturated carbocycles. The van der Waals surface area contributed by atoms with Crippen LogP contribution < -0.4 is 0 Å². The first-order chi connectivity index (χ1) is 28.3. The van der Waals surface area contributed by atoms with Gasteiger partial charge in [-0.25, -0.2) is 4.98 Å². The van der Waals surface area contributed by atoms with Crippen molar-refractivity contribution >= 4 is 43.7 Å². The Hall–Kier alpha value is -7.63. The number of para-hydroxylation sites is 2. The highest BCUT2D eigenvalue weighted by atomic mass is 16.3. The first-order valence-electron chi connectivity index (χ1n) is 19.4. The van der Waals surface area contributed by atoms with Crippen molar-refractivity contribution in [2.24, 2.45) is 0 Å². The highest BCUT2D eigenvalue weighted by Crippen LogP contribution is 2.66. The van der Waals surface area contributed by atoms with Crippen LogP contribution in [0.1, 0.15) is 22.3 Å². The molecular weight excluding hydrogens is 697 g/mol. The van der Waals surface area contributed by atoms with Crippen LogP contribution in [0.15, 0.2) is 186 Å². The van der Waals surface area contributed by atoms with Crippen molar-refractivity contribution in [2.45, 2.75) is 5.41 Å². The molecule has 0 N–H and O–H groups in total. The predicted molar refractivity (Wildman–Crippen MR) is 229 cm³/mol. The molecule has 3 heterocycles. The summed E-state index contributed by atoms with van der Waals surface area (Å²) in [4.78, 5) is 15.8. The number of nitrogens with zero attached hydrogens (tertiary/aromatic N) is 4. The van der Waals surface area contributed by atoms with Gasteiger partial charge in [0, 0.05) is 32.8 Å². The van der Waals surface area contributed by atoms with E-state index in [2.05, 4.69) is 150 Å². The topological polar surface area (TPSA) is 56.7 Å². The minimum Gasteiger partial charge on any atom is -0.455 e. The Balaban J connectivity index is 1.29. The van der Waals surface area contributed by atoms with Gasteiger partial charge in [-0.1, -0.05) is 170 Å². The van der Waals surface area contributed by atoms with Crippen molar-refractivity contribution in [3.8, 4) is 51.0 Å². The Morgan fingerprint density at radius 1 is 0.439 bits per heavy atom. The van der Waals surface area contributed by atoms with E-state index in [0.717, 1.165) is 55.0 Å². The number of benzene rings is 8. The van der Waals surface area contributed by atoms with Gasteiger partial charge in [0.1, 0.15) is 11.2 Å². The lowest BCUT2D eigenvalue weighted by molar-refractivity contribution is 0.669. The molecule has 0 amide bonds. The largest absolute Gasteiger partial charge is 0.455 e. The van der Waals surface area contributed by atoms with Crippen molar-refractivity contribution < 1.29 is 4.42 Å². The number of fused-ring (bicyclic) bond motifs is 19. The molecule has 264 valence electrons. The van der Waals surface area contributed by atoms with Crippen LogP contribution in [0.4, 0.5) is 0 Å². The monoisotopic (exact) mass is 726 g/mol. The lowest BCUT2D eigenvalue weighted by Crippen LogP contribution is -2.26. The minimum atomic E-state index is -0.608. The molecule has 0 radical (unpaired) electrons. The molecule has 11 aromatic rings. The fraction of sp³-hybridized carbons (Fsp3) is 0.0192. The summed E-state index contributed by atoms with van der Waals surface area (Å²) in [6.45, 7) is 0. The predicted octanol–water partition coefficient (Wildman–Crippen LogP) is 12.5. The third-order valence-electron chi connectivity index (χ3n) is 12.2. The molecule has 2 aliphatic rings. The van der Waals surface area contributed by atoms with Crippen molar-refractivity contribution in [3.05, 3.63) is 204 Å². The maximum absolute atomic E-state index is 7.15. The van der Waals surface area contributed by atoms with Crippen LogP contribution in [-0.2, 0) is 5.41 Å². The van der Waals surface area contributed by atoms with Crippen LogP contribution in [0.3, 0.4) is 0 Å². The Bertz CT molecular complexity index is 3370. The molecule has 0 fully saturated rings. The number of furan rings is 1. The number of aromatic nitrogens is 4. The average Bonchev–Trinajstić information content (AvgIpc) is 4.01. The second-order valence-corrected chi connectivity index (χ2v) is 15.0. The van der Waals surface area contributed by atoms with E-state index in [1.54, 1.807) is 0 Å². The molecule has 5 heteroatoms. The van der Waals surface area contributed by atoms with Gasteiger partial charge in [-0.05, 0) is 51.1 Å². The Labute approximate surface area is 327 Å². The quantitative estimate of drug-likeness (QED) is 0.182. The van der Waals surface area contributed by atoms with E-state index in [1.807, 2.05) is 36.4 Å². The first kappa shape index (κ1) is 30.7. The number of rotatable bonds is 3. The Kier molecular flexibility index (Phi) is 6.04. The molecule has 2 aliphatic carbocycles. The van der Waals surface area contributed by atoms with Gasteiger partial charge >= 0.3 is 0 Å². The van der Waals surface area contributed by atoms with E-state index in [-0.39, 0.29) is 0 Å². The van der Waals surface area contributed by atoms with Crippen LogP contribution in [-0.4, -0.2) is 19.5 Å². The van der Waals surface area contributed by atoms with Gasteiger partial charge in [0.25, 0.3) is 0 Å². The summed E-state index contributed by atoms with van der Waals surface area (Å²) in [6, 6.07) is 64.5. The molecular formula is C52H30N4O. The number of hydrogen-bond acceptors (Lipinski definition) is 4. The van der Waals surface area contributed by atoms with E-state index in [1.165, 1.54) is 44.3 Å². The third kappa shape index (κ3) is 3.90. The summed E-state index contributed by atoms with van der Waals surface area (Å²) >= 11 is 0. The van der Waals surface area contributed by atoms with Gasteiger partial charge in [0.15, 0.2) is 11.6 Å². The summed E-state index contributed by atoms with van der Waals surface area (Å²) in [5.41, 5.74) is 14.9. The smallest absolute Gasteiger partial charge is 0.238 e. The fourth-order valence-electron chi connectivity index (χ4n) is 10.1. The van der Waals surface area contributed by atoms with Crippen LogP contribution in [0.25, 0.3) is 94.7 Å². The molecule has 0 bridgehead atoms. The highest BCUT2D eigenvalue weighted by Gasteiger charge is 2.54. The molecule has 1 spiro atoms. The molecule has 3 aromatic heterocycles. The lowest BCUT2D eigenvalue weighted by Gasteiger charge is -2.31. The van der Waals surface area contributed by atoms with Crippen LogP contribution in [0.5, 0.6) is 0 Å².